The van der Waals surface area contributed by atoms with Gasteiger partial charge in [0.25, 0.3) is 0 Å². The summed E-state index contributed by atoms with van der Waals surface area (Å²) in [4.78, 5) is 13.4. The van der Waals surface area contributed by atoms with Crippen molar-refractivity contribution in [3.05, 3.63) is 0 Å². The van der Waals surface area contributed by atoms with Gasteiger partial charge in [0.15, 0.2) is 0 Å². The lowest BCUT2D eigenvalue weighted by atomic mass is 9.78. The zero-order valence-electron chi connectivity index (χ0n) is 10.6. The summed E-state index contributed by atoms with van der Waals surface area (Å²) in [6.45, 7) is 9.62. The molecule has 1 aliphatic rings. The Morgan fingerprint density at radius 1 is 1.40 bits per heavy atom. The summed E-state index contributed by atoms with van der Waals surface area (Å²) in [6, 6.07) is 0.000486. The van der Waals surface area contributed by atoms with Crippen molar-refractivity contribution in [2.45, 2.75) is 57.7 Å². The monoisotopic (exact) mass is 212 g/mol. The maximum Gasteiger partial charge on any atom is 0.139 e. The molecule has 1 heterocycles. The third-order valence-corrected chi connectivity index (χ3v) is 3.66. The fourth-order valence-corrected chi connectivity index (χ4v) is 3.01. The van der Waals surface area contributed by atoms with Crippen LogP contribution in [0.4, 0.5) is 0 Å². The molecule has 0 saturated carbocycles. The van der Waals surface area contributed by atoms with Crippen LogP contribution in [0.2, 0.25) is 0 Å². The van der Waals surface area contributed by atoms with Crippen LogP contribution in [0, 0.1) is 0 Å². The molecule has 0 amide bonds. The molecule has 0 aliphatic carbocycles. The average Bonchev–Trinajstić information content (AvgIpc) is 2.15. The van der Waals surface area contributed by atoms with E-state index in [1.165, 1.54) is 0 Å². The molecule has 1 unspecified atom stereocenters. The highest BCUT2D eigenvalue weighted by molar-refractivity contribution is 5.61. The Balaban J connectivity index is 3.02. The number of carbonyl (C=O) groups excluding carboxylic acids is 1. The van der Waals surface area contributed by atoms with Crippen LogP contribution in [0.3, 0.4) is 0 Å². The third kappa shape index (κ3) is 2.23. The predicted octanol–water partition coefficient (Wildman–Crippen LogP) is 1.43. The highest BCUT2D eigenvalue weighted by atomic mass is 16.1. The highest BCUT2D eigenvalue weighted by Crippen LogP contribution is 2.30. The second kappa shape index (κ2) is 4.22. The molecule has 88 valence electrons. The molecule has 15 heavy (non-hydrogen) atoms. The van der Waals surface area contributed by atoms with Gasteiger partial charge in [0.05, 0.1) is 6.04 Å². The Morgan fingerprint density at radius 3 is 2.33 bits per heavy atom. The predicted molar refractivity (Wildman–Crippen MR) is 63.0 cm³/mol. The fourth-order valence-electron chi connectivity index (χ4n) is 3.01. The summed E-state index contributed by atoms with van der Waals surface area (Å²) >= 11 is 0. The van der Waals surface area contributed by atoms with E-state index >= 15 is 0 Å². The van der Waals surface area contributed by atoms with Gasteiger partial charge in [-0.1, -0.05) is 13.8 Å². The molecule has 0 spiro atoms. The minimum absolute atomic E-state index is 0.000486. The number of rotatable bonds is 3. The number of hydrogen-bond donors (Lipinski definition) is 1. The standard InChI is InChI=1S/C12H24N2O/c1-6-12(7-2)10(8-15)14(5)9-11(3,4)13-12/h8,10,13H,6-7,9H2,1-5H3. The van der Waals surface area contributed by atoms with E-state index in [-0.39, 0.29) is 17.1 Å². The van der Waals surface area contributed by atoms with Crippen molar-refractivity contribution in [2.24, 2.45) is 0 Å². The first-order valence-corrected chi connectivity index (χ1v) is 5.85. The zero-order valence-corrected chi connectivity index (χ0v) is 10.6. The summed E-state index contributed by atoms with van der Waals surface area (Å²) in [5.74, 6) is 0. The summed E-state index contributed by atoms with van der Waals surface area (Å²) < 4.78 is 0. The second-order valence-electron chi connectivity index (χ2n) is 5.37. The lowest BCUT2D eigenvalue weighted by Crippen LogP contribution is -2.73. The highest BCUT2D eigenvalue weighted by Gasteiger charge is 2.46. The van der Waals surface area contributed by atoms with Crippen LogP contribution < -0.4 is 5.32 Å². The Bertz CT molecular complexity index is 234. The number of piperazine rings is 1. The van der Waals surface area contributed by atoms with Gasteiger partial charge in [-0.15, -0.1) is 0 Å². The number of hydrogen-bond acceptors (Lipinski definition) is 3. The number of nitrogens with zero attached hydrogens (tertiary/aromatic N) is 1. The molecule has 0 bridgehead atoms. The minimum atomic E-state index is -0.0573. The van der Waals surface area contributed by atoms with Crippen LogP contribution in [-0.2, 0) is 4.79 Å². The Hall–Kier alpha value is -0.410. The SMILES string of the molecule is CCC1(CC)NC(C)(C)CN(C)C1C=O. The van der Waals surface area contributed by atoms with Crippen molar-refractivity contribution in [1.82, 2.24) is 10.2 Å². The number of aldehydes is 1. The lowest BCUT2D eigenvalue weighted by molar-refractivity contribution is -0.118. The molecule has 1 atom stereocenters. The van der Waals surface area contributed by atoms with Crippen molar-refractivity contribution in [1.29, 1.82) is 0 Å². The largest absolute Gasteiger partial charge is 0.303 e. The van der Waals surface area contributed by atoms with E-state index in [1.807, 2.05) is 7.05 Å². The Kier molecular flexibility index (Phi) is 3.56. The molecule has 0 radical (unpaired) electrons. The van der Waals surface area contributed by atoms with E-state index in [1.54, 1.807) is 0 Å². The molecular formula is C12H24N2O. The van der Waals surface area contributed by atoms with Crippen molar-refractivity contribution >= 4 is 6.29 Å². The van der Waals surface area contributed by atoms with Crippen LogP contribution in [0.1, 0.15) is 40.5 Å². The fraction of sp³-hybridized carbons (Fsp3) is 0.917. The first-order chi connectivity index (χ1) is 6.90. The van der Waals surface area contributed by atoms with Crippen LogP contribution in [0.25, 0.3) is 0 Å². The van der Waals surface area contributed by atoms with Crippen LogP contribution in [0.15, 0.2) is 0 Å². The third-order valence-electron chi connectivity index (χ3n) is 3.66. The summed E-state index contributed by atoms with van der Waals surface area (Å²) in [7, 11) is 2.04. The normalized spacial score (nSPS) is 30.1. The molecule has 1 rings (SSSR count). The van der Waals surface area contributed by atoms with E-state index in [0.717, 1.165) is 25.7 Å². The summed E-state index contributed by atoms with van der Waals surface area (Å²) in [5, 5.41) is 3.66. The van der Waals surface area contributed by atoms with E-state index in [4.69, 9.17) is 0 Å². The quantitative estimate of drug-likeness (QED) is 0.718. The molecule has 3 nitrogen and oxygen atoms in total. The van der Waals surface area contributed by atoms with Crippen LogP contribution >= 0.6 is 0 Å². The number of nitrogens with one attached hydrogen (secondary N) is 1. The molecule has 3 heteroatoms. The van der Waals surface area contributed by atoms with E-state index in [2.05, 4.69) is 37.9 Å². The molecular weight excluding hydrogens is 188 g/mol. The van der Waals surface area contributed by atoms with Gasteiger partial charge in [-0.3, -0.25) is 4.90 Å². The van der Waals surface area contributed by atoms with E-state index in [0.29, 0.717) is 0 Å². The van der Waals surface area contributed by atoms with Gasteiger partial charge in [-0.25, -0.2) is 0 Å². The molecule has 1 N–H and O–H groups in total. The van der Waals surface area contributed by atoms with Gasteiger partial charge in [0, 0.05) is 17.6 Å². The van der Waals surface area contributed by atoms with E-state index < -0.39 is 0 Å². The molecule has 0 aromatic rings. The van der Waals surface area contributed by atoms with Gasteiger partial charge in [0.1, 0.15) is 6.29 Å². The van der Waals surface area contributed by atoms with Crippen LogP contribution in [0.5, 0.6) is 0 Å². The topological polar surface area (TPSA) is 32.3 Å². The molecule has 1 fully saturated rings. The summed E-state index contributed by atoms with van der Waals surface area (Å²) in [6.07, 6.45) is 3.07. The smallest absolute Gasteiger partial charge is 0.139 e. The number of likely N-dealkylation sites (N-methyl/N-ethyl adjacent to an activating group) is 1. The van der Waals surface area contributed by atoms with Crippen molar-refractivity contribution in [3.63, 3.8) is 0 Å². The molecule has 0 aromatic carbocycles. The first kappa shape index (κ1) is 12.7. The molecule has 0 aromatic heterocycles. The van der Waals surface area contributed by atoms with Gasteiger partial charge >= 0.3 is 0 Å². The lowest BCUT2D eigenvalue weighted by Gasteiger charge is -2.53. The van der Waals surface area contributed by atoms with Gasteiger partial charge in [0.2, 0.25) is 0 Å². The maximum atomic E-state index is 11.2. The second-order valence-corrected chi connectivity index (χ2v) is 5.37. The van der Waals surface area contributed by atoms with Crippen molar-refractivity contribution in [3.8, 4) is 0 Å². The average molecular weight is 212 g/mol. The Labute approximate surface area is 93.2 Å². The van der Waals surface area contributed by atoms with Crippen molar-refractivity contribution in [2.75, 3.05) is 13.6 Å². The molecule has 1 saturated heterocycles. The molecule has 1 aliphatic heterocycles. The van der Waals surface area contributed by atoms with E-state index in [9.17, 15) is 4.79 Å². The van der Waals surface area contributed by atoms with Crippen LogP contribution in [-0.4, -0.2) is 41.9 Å². The summed E-state index contributed by atoms with van der Waals surface area (Å²) in [5.41, 5.74) is 0.0263. The Morgan fingerprint density at radius 2 is 1.93 bits per heavy atom. The minimum Gasteiger partial charge on any atom is -0.303 e. The van der Waals surface area contributed by atoms with Gasteiger partial charge < -0.3 is 10.1 Å². The maximum absolute atomic E-state index is 11.2. The zero-order chi connectivity index (χ0) is 11.7. The van der Waals surface area contributed by atoms with Gasteiger partial charge in [-0.2, -0.15) is 0 Å². The number of carbonyl (C=O) groups is 1. The van der Waals surface area contributed by atoms with Crippen molar-refractivity contribution < 1.29 is 4.79 Å². The first-order valence-electron chi connectivity index (χ1n) is 5.85. The van der Waals surface area contributed by atoms with Gasteiger partial charge in [-0.05, 0) is 33.7 Å².